The Morgan fingerprint density at radius 2 is 1.69 bits per heavy atom. The highest BCUT2D eigenvalue weighted by molar-refractivity contribution is 5.84. The second-order valence-corrected chi connectivity index (χ2v) is 19.4. The molecule has 8 rings (SSSR count). The molecule has 5 aliphatic carbocycles. The molecule has 1 amide bonds. The Labute approximate surface area is 304 Å². The summed E-state index contributed by atoms with van der Waals surface area (Å²) >= 11 is 0. The van der Waals surface area contributed by atoms with Gasteiger partial charge in [0, 0.05) is 24.2 Å². The van der Waals surface area contributed by atoms with Crippen LogP contribution in [0.1, 0.15) is 130 Å². The zero-order chi connectivity index (χ0) is 36.3. The number of allylic oxidation sites excluding steroid dienone is 1. The largest absolute Gasteiger partial charge is 0.393 e. The van der Waals surface area contributed by atoms with Crippen molar-refractivity contribution in [1.29, 1.82) is 0 Å². The average molecular weight is 697 g/mol. The summed E-state index contributed by atoms with van der Waals surface area (Å²) in [5, 5.41) is 22.3. The molecule has 0 radical (unpaired) electrons. The van der Waals surface area contributed by atoms with Crippen molar-refractivity contribution in [2.75, 3.05) is 6.54 Å². The molecule has 2 heterocycles. The molecule has 5 saturated carbocycles. The van der Waals surface area contributed by atoms with Crippen LogP contribution in [0.2, 0.25) is 0 Å². The quantitative estimate of drug-likeness (QED) is 0.184. The van der Waals surface area contributed by atoms with Gasteiger partial charge in [-0.2, -0.15) is 0 Å². The number of nitrogens with one attached hydrogen (secondary N) is 1. The second kappa shape index (κ2) is 11.8. The topological polar surface area (TPSA) is 112 Å². The molecule has 1 aliphatic heterocycles. The first-order valence-corrected chi connectivity index (χ1v) is 20.0. The van der Waals surface area contributed by atoms with Crippen molar-refractivity contribution in [1.82, 2.24) is 14.9 Å². The Morgan fingerprint density at radius 3 is 2.39 bits per heavy atom. The predicted octanol–water partition coefficient (Wildman–Crippen LogP) is 9.67. The number of aromatic nitrogens is 2. The van der Waals surface area contributed by atoms with Gasteiger partial charge in [-0.25, -0.2) is 4.98 Å². The van der Waals surface area contributed by atoms with Gasteiger partial charge in [-0.1, -0.05) is 46.8 Å². The first-order chi connectivity index (χ1) is 24.1. The van der Waals surface area contributed by atoms with Crippen LogP contribution in [0, 0.1) is 66.8 Å². The molecule has 276 valence electrons. The van der Waals surface area contributed by atoms with Gasteiger partial charge in [-0.3, -0.25) is 14.9 Å². The van der Waals surface area contributed by atoms with E-state index in [-0.39, 0.29) is 49.8 Å². The maximum Gasteiger partial charge on any atom is 0.269 e. The number of aliphatic hydroxyl groups excluding tert-OH is 1. The van der Waals surface area contributed by atoms with Gasteiger partial charge >= 0.3 is 0 Å². The Kier molecular flexibility index (Phi) is 8.08. The van der Waals surface area contributed by atoms with Crippen LogP contribution in [0.25, 0.3) is 11.3 Å². The Balaban J connectivity index is 1.10. The highest BCUT2D eigenvalue weighted by Gasteiger charge is 2.72. The second-order valence-electron chi connectivity index (χ2n) is 19.4. The van der Waals surface area contributed by atoms with Crippen molar-refractivity contribution in [3.63, 3.8) is 0 Å². The van der Waals surface area contributed by atoms with Gasteiger partial charge in [0.25, 0.3) is 5.69 Å². The molecule has 2 N–H and O–H groups in total. The predicted molar refractivity (Wildman–Crippen MR) is 199 cm³/mol. The van der Waals surface area contributed by atoms with Crippen molar-refractivity contribution >= 4 is 11.6 Å². The number of hydrogen-bond donors (Lipinski definition) is 2. The number of H-pyrrole nitrogens is 1. The normalized spacial score (nSPS) is 42.7. The van der Waals surface area contributed by atoms with Crippen LogP contribution >= 0.6 is 0 Å². The Bertz CT molecular complexity index is 1730. The lowest BCUT2D eigenvalue weighted by atomic mass is 9.32. The van der Waals surface area contributed by atoms with Crippen LogP contribution < -0.4 is 0 Å². The monoisotopic (exact) mass is 696 g/mol. The summed E-state index contributed by atoms with van der Waals surface area (Å²) in [6.45, 7) is 20.1. The Morgan fingerprint density at radius 1 is 0.941 bits per heavy atom. The van der Waals surface area contributed by atoms with Gasteiger partial charge in [-0.05, 0) is 147 Å². The van der Waals surface area contributed by atoms with E-state index in [1.54, 1.807) is 18.3 Å². The number of hydrogen-bond acceptors (Lipinski definition) is 5. The third-order valence-corrected chi connectivity index (χ3v) is 17.3. The number of non-ortho nitro benzene ring substituents is 1. The molecule has 11 atom stereocenters. The molecule has 2 aromatic rings. The molecule has 1 aromatic carbocycles. The van der Waals surface area contributed by atoms with Gasteiger partial charge in [0.2, 0.25) is 5.91 Å². The number of likely N-dealkylation sites (tertiary alicyclic amines) is 1. The van der Waals surface area contributed by atoms with E-state index in [2.05, 4.69) is 58.0 Å². The molecule has 0 bridgehead atoms. The van der Waals surface area contributed by atoms with E-state index < -0.39 is 0 Å². The molecule has 0 spiro atoms. The number of fused-ring (bicyclic) bond motifs is 7. The van der Waals surface area contributed by atoms with Crippen molar-refractivity contribution < 1.29 is 14.8 Å². The van der Waals surface area contributed by atoms with Crippen molar-refractivity contribution in [2.24, 2.45) is 56.7 Å². The lowest BCUT2D eigenvalue weighted by Gasteiger charge is -2.73. The zero-order valence-electron chi connectivity index (χ0n) is 31.8. The summed E-state index contributed by atoms with van der Waals surface area (Å²) in [7, 11) is 0. The van der Waals surface area contributed by atoms with Gasteiger partial charge in [0.15, 0.2) is 0 Å². The van der Waals surface area contributed by atoms with Crippen LogP contribution in [0.3, 0.4) is 0 Å². The number of benzene rings is 1. The molecule has 8 heteroatoms. The number of amides is 1. The van der Waals surface area contributed by atoms with Gasteiger partial charge in [0.05, 0.1) is 34.4 Å². The first kappa shape index (κ1) is 35.1. The fraction of sp³-hybridized carbons (Fsp3) is 0.721. The minimum atomic E-state index is -0.383. The number of carbonyl (C=O) groups is 1. The smallest absolute Gasteiger partial charge is 0.269 e. The fourth-order valence-electron chi connectivity index (χ4n) is 14.5. The summed E-state index contributed by atoms with van der Waals surface area (Å²) in [5.74, 6) is 3.50. The first-order valence-electron chi connectivity index (χ1n) is 20.0. The standard InChI is InChI=1S/C43H60N4O4/c1-26(2)29-16-21-43(38(49)46-24-8-9-32(46)37-44-25-31(45-37)27-10-12-28(13-11-27)47(50)51)23-22-41(6)30(36(29)43)14-15-34-40(5)19-18-35(48)39(3,4)33(40)17-20-42(34,41)7/h10-13,25,29-30,32-36,48H,1,8-9,14-24H2,2-7H3,(H,44,45)/t29-,30+,32-,33-,34+,35-,36+,40-,41+,42+,43-/m0/s1. The lowest BCUT2D eigenvalue weighted by molar-refractivity contribution is -0.384. The molecular formula is C43H60N4O4. The number of nitro groups is 1. The lowest BCUT2D eigenvalue weighted by Crippen LogP contribution is -2.67. The molecule has 1 saturated heterocycles. The van der Waals surface area contributed by atoms with Gasteiger partial charge < -0.3 is 15.0 Å². The van der Waals surface area contributed by atoms with Crippen LogP contribution in [0.4, 0.5) is 5.69 Å². The molecule has 6 aliphatic rings. The van der Waals surface area contributed by atoms with Gasteiger partial charge in [0.1, 0.15) is 5.82 Å². The third kappa shape index (κ3) is 4.79. The summed E-state index contributed by atoms with van der Waals surface area (Å²) in [4.78, 5) is 36.7. The van der Waals surface area contributed by atoms with E-state index in [4.69, 9.17) is 4.98 Å². The van der Waals surface area contributed by atoms with Crippen LogP contribution in [-0.2, 0) is 4.79 Å². The van der Waals surface area contributed by atoms with Crippen LogP contribution in [0.15, 0.2) is 42.6 Å². The average Bonchev–Trinajstić information content (AvgIpc) is 3.86. The maximum atomic E-state index is 15.4. The molecule has 1 aromatic heterocycles. The van der Waals surface area contributed by atoms with Crippen molar-refractivity contribution in [3.05, 3.63) is 58.6 Å². The summed E-state index contributed by atoms with van der Waals surface area (Å²) in [5.41, 5.74) is 3.15. The number of rotatable bonds is 5. The molecule has 0 unspecified atom stereocenters. The molecule has 51 heavy (non-hydrogen) atoms. The number of nitro benzene ring substituents is 1. The third-order valence-electron chi connectivity index (χ3n) is 17.3. The SMILES string of the molecule is C=C(C)[C@@H]1CC[C@]2(C(=O)N3CCC[C@H]3c3ncc(-c4ccc([N+](=O)[O-])cc4)[nH]3)CC[C@]3(C)[C@H](CC[C@@H]4[C@@]5(C)CC[C@H](O)C(C)(C)[C@@H]5CC[C@]43C)[C@@H]12. The van der Waals surface area contributed by atoms with E-state index in [0.717, 1.165) is 75.0 Å². The minimum Gasteiger partial charge on any atom is -0.393 e. The van der Waals surface area contributed by atoms with E-state index >= 15 is 4.79 Å². The highest BCUT2D eigenvalue weighted by atomic mass is 16.6. The minimum absolute atomic E-state index is 0.0560. The number of nitrogens with zero attached hydrogens (tertiary/aromatic N) is 3. The molecular weight excluding hydrogens is 636 g/mol. The van der Waals surface area contributed by atoms with Crippen molar-refractivity contribution in [2.45, 2.75) is 131 Å². The summed E-state index contributed by atoms with van der Waals surface area (Å²) in [6, 6.07) is 6.47. The maximum absolute atomic E-state index is 15.4. The van der Waals surface area contributed by atoms with Crippen molar-refractivity contribution in [3.8, 4) is 11.3 Å². The molecule has 8 nitrogen and oxygen atoms in total. The van der Waals surface area contributed by atoms with Crippen LogP contribution in [-0.4, -0.2) is 43.5 Å². The van der Waals surface area contributed by atoms with Gasteiger partial charge in [-0.15, -0.1) is 0 Å². The number of carbonyl (C=O) groups excluding carboxylic acids is 1. The summed E-state index contributed by atoms with van der Waals surface area (Å²) < 4.78 is 0. The van der Waals surface area contributed by atoms with E-state index in [1.165, 1.54) is 43.4 Å². The van der Waals surface area contributed by atoms with E-state index in [0.29, 0.717) is 35.5 Å². The fourth-order valence-corrected chi connectivity index (χ4v) is 14.5. The molecule has 6 fully saturated rings. The Hall–Kier alpha value is -3.00. The highest BCUT2D eigenvalue weighted by Crippen LogP contribution is 2.77. The number of imidazole rings is 1. The number of aliphatic hydroxyl groups is 1. The van der Waals surface area contributed by atoms with E-state index in [9.17, 15) is 15.2 Å². The van der Waals surface area contributed by atoms with Crippen LogP contribution in [0.5, 0.6) is 0 Å². The summed E-state index contributed by atoms with van der Waals surface area (Å²) in [6.07, 6.45) is 14.3. The number of aromatic amines is 1. The zero-order valence-corrected chi connectivity index (χ0v) is 31.8. The van der Waals surface area contributed by atoms with E-state index in [1.807, 2.05) is 0 Å².